The first-order valence-electron chi connectivity index (χ1n) is 18.6. The van der Waals surface area contributed by atoms with Gasteiger partial charge in [0.2, 0.25) is 0 Å². The Labute approximate surface area is 317 Å². The van der Waals surface area contributed by atoms with Gasteiger partial charge in [0.25, 0.3) is 17.7 Å². The minimum atomic E-state index is -0.479. The lowest BCUT2D eigenvalue weighted by Crippen LogP contribution is -2.59. The van der Waals surface area contributed by atoms with Crippen LogP contribution in [0.1, 0.15) is 72.0 Å². The number of benzene rings is 3. The van der Waals surface area contributed by atoms with Gasteiger partial charge in [0.05, 0.1) is 21.8 Å². The van der Waals surface area contributed by atoms with E-state index in [1.165, 1.54) is 17.4 Å². The minimum absolute atomic E-state index is 0.159. The van der Waals surface area contributed by atoms with E-state index in [4.69, 9.17) is 9.72 Å². The third-order valence-corrected chi connectivity index (χ3v) is 12.6. The van der Waals surface area contributed by atoms with E-state index in [-0.39, 0.29) is 28.8 Å². The van der Waals surface area contributed by atoms with Gasteiger partial charge in [0, 0.05) is 65.6 Å². The Kier molecular flexibility index (Phi) is 8.78. The van der Waals surface area contributed by atoms with E-state index in [9.17, 15) is 18.8 Å². The van der Waals surface area contributed by atoms with Crippen LogP contribution in [0.2, 0.25) is 0 Å². The summed E-state index contributed by atoms with van der Waals surface area (Å²) in [5.74, 6) is -0.449. The number of rotatable bonds is 6. The van der Waals surface area contributed by atoms with E-state index in [1.807, 2.05) is 36.4 Å². The predicted molar refractivity (Wildman–Crippen MR) is 210 cm³/mol. The molecule has 2 aromatic heterocycles. The number of aromatic nitrogens is 1. The Morgan fingerprint density at radius 2 is 1.67 bits per heavy atom. The van der Waals surface area contributed by atoms with Gasteiger partial charge in [-0.3, -0.25) is 14.4 Å². The average Bonchev–Trinajstić information content (AvgIpc) is 3.79. The van der Waals surface area contributed by atoms with Gasteiger partial charge < -0.3 is 25.2 Å². The van der Waals surface area contributed by atoms with E-state index >= 15 is 0 Å². The van der Waals surface area contributed by atoms with Crippen molar-refractivity contribution in [3.05, 3.63) is 123 Å². The maximum atomic E-state index is 14.5. The van der Waals surface area contributed by atoms with Gasteiger partial charge in [-0.15, -0.1) is 11.3 Å². The van der Waals surface area contributed by atoms with Crippen LogP contribution in [0, 0.1) is 18.2 Å². The molecule has 2 saturated heterocycles. The number of anilines is 4. The maximum absolute atomic E-state index is 14.5. The molecule has 11 heteroatoms. The van der Waals surface area contributed by atoms with E-state index in [0.29, 0.717) is 40.2 Å². The number of para-hydroxylation sites is 2. The first-order chi connectivity index (χ1) is 26.2. The molecule has 0 atom stereocenters. The molecule has 4 aliphatic rings. The van der Waals surface area contributed by atoms with E-state index in [0.717, 1.165) is 97.2 Å². The highest BCUT2D eigenvalue weighted by Crippen LogP contribution is 2.44. The number of halogens is 1. The third-order valence-electron chi connectivity index (χ3n) is 11.4. The molecule has 0 unspecified atom stereocenters. The molecule has 1 spiro atoms. The number of carbonyl (C=O) groups is 3. The van der Waals surface area contributed by atoms with Crippen LogP contribution in [0.4, 0.5) is 27.3 Å². The van der Waals surface area contributed by atoms with Crippen molar-refractivity contribution in [3.63, 3.8) is 0 Å². The van der Waals surface area contributed by atoms with Crippen LogP contribution in [0.15, 0.2) is 78.9 Å². The molecule has 3 aliphatic heterocycles. The quantitative estimate of drug-likeness (QED) is 0.183. The van der Waals surface area contributed by atoms with Crippen LogP contribution < -0.4 is 20.4 Å². The van der Waals surface area contributed by atoms with Gasteiger partial charge in [-0.2, -0.15) is 0 Å². The summed E-state index contributed by atoms with van der Waals surface area (Å²) in [5.41, 5.74) is 7.57. The average molecular weight is 742 g/mol. The second-order valence-electron chi connectivity index (χ2n) is 14.9. The van der Waals surface area contributed by atoms with Crippen molar-refractivity contribution in [1.82, 2.24) is 4.98 Å². The van der Waals surface area contributed by atoms with Crippen LogP contribution >= 0.6 is 11.3 Å². The summed E-state index contributed by atoms with van der Waals surface area (Å²) < 4.78 is 20.1. The highest BCUT2D eigenvalue weighted by atomic mass is 32.1. The summed E-state index contributed by atoms with van der Waals surface area (Å²) in [6, 6.07) is 23.3. The normalized spacial score (nSPS) is 16.9. The lowest BCUT2D eigenvalue weighted by atomic mass is 9.73. The Balaban J connectivity index is 0.917. The molecule has 9 rings (SSSR count). The molecule has 1 aliphatic carbocycles. The minimum Gasteiger partial charge on any atom is -0.381 e. The van der Waals surface area contributed by atoms with Gasteiger partial charge in [0.1, 0.15) is 11.6 Å². The molecule has 5 aromatic rings. The van der Waals surface area contributed by atoms with Crippen LogP contribution in [-0.2, 0) is 24.0 Å². The number of thiophene rings is 1. The maximum Gasteiger partial charge on any atom is 0.265 e. The van der Waals surface area contributed by atoms with Crippen LogP contribution in [0.5, 0.6) is 0 Å². The van der Waals surface area contributed by atoms with Gasteiger partial charge in [-0.05, 0) is 111 Å². The molecule has 2 N–H and O–H groups in total. The molecule has 5 heterocycles. The van der Waals surface area contributed by atoms with Gasteiger partial charge in [-0.25, -0.2) is 9.37 Å². The molecule has 2 fully saturated rings. The lowest BCUT2D eigenvalue weighted by Gasteiger charge is -2.53. The van der Waals surface area contributed by atoms with Crippen molar-refractivity contribution in [3.8, 4) is 10.4 Å². The zero-order valence-corrected chi connectivity index (χ0v) is 30.9. The van der Waals surface area contributed by atoms with Crippen LogP contribution in [0.3, 0.4) is 0 Å². The van der Waals surface area contributed by atoms with E-state index in [2.05, 4.69) is 15.5 Å². The summed E-state index contributed by atoms with van der Waals surface area (Å²) in [7, 11) is 0. The highest BCUT2D eigenvalue weighted by molar-refractivity contribution is 7.17. The fourth-order valence-corrected chi connectivity index (χ4v) is 9.48. The van der Waals surface area contributed by atoms with Crippen molar-refractivity contribution in [1.29, 1.82) is 0 Å². The molecule has 0 bridgehead atoms. The predicted octanol–water partition coefficient (Wildman–Crippen LogP) is 8.07. The Morgan fingerprint density at radius 3 is 2.46 bits per heavy atom. The number of carbonyl (C=O) groups excluding carboxylic acids is 3. The van der Waals surface area contributed by atoms with Crippen molar-refractivity contribution in [2.75, 3.05) is 53.3 Å². The van der Waals surface area contributed by atoms with E-state index in [1.54, 1.807) is 48.2 Å². The second-order valence-corrected chi connectivity index (χ2v) is 15.9. The number of amides is 3. The number of aryl methyl sites for hydroxylation is 3. The fourth-order valence-electron chi connectivity index (χ4n) is 8.34. The van der Waals surface area contributed by atoms with Crippen molar-refractivity contribution >= 4 is 51.9 Å². The molecular weight excluding hydrogens is 702 g/mol. The molecule has 274 valence electrons. The highest BCUT2D eigenvalue weighted by Gasteiger charge is 2.45. The van der Waals surface area contributed by atoms with Crippen molar-refractivity contribution in [2.24, 2.45) is 5.41 Å². The zero-order valence-electron chi connectivity index (χ0n) is 30.0. The van der Waals surface area contributed by atoms with Crippen LogP contribution in [0.25, 0.3) is 10.4 Å². The van der Waals surface area contributed by atoms with Crippen LogP contribution in [-0.4, -0.2) is 55.6 Å². The smallest absolute Gasteiger partial charge is 0.265 e. The second kappa shape index (κ2) is 13.8. The summed E-state index contributed by atoms with van der Waals surface area (Å²) in [6.07, 6.45) is 5.54. The number of hydrogen-bond donors (Lipinski definition) is 2. The van der Waals surface area contributed by atoms with Gasteiger partial charge in [0.15, 0.2) is 0 Å². The number of nitrogens with zero attached hydrogens (tertiary/aromatic N) is 3. The molecule has 54 heavy (non-hydrogen) atoms. The first-order valence-corrected chi connectivity index (χ1v) is 19.4. The monoisotopic (exact) mass is 741 g/mol. The Hall–Kier alpha value is -5.39. The third kappa shape index (κ3) is 6.24. The number of hydrogen-bond acceptors (Lipinski definition) is 7. The fraction of sp³-hybridized carbons (Fsp3) is 0.302. The molecule has 0 saturated carbocycles. The van der Waals surface area contributed by atoms with Crippen molar-refractivity contribution < 1.29 is 23.5 Å². The molecule has 9 nitrogen and oxygen atoms in total. The van der Waals surface area contributed by atoms with Crippen molar-refractivity contribution in [2.45, 2.75) is 45.4 Å². The van der Waals surface area contributed by atoms with Gasteiger partial charge >= 0.3 is 0 Å². The standard InChI is InChI=1S/C43H40FN5O4S/c1-26-6-4-9-33(44)37(26)47-41(51)36-23-29-16-19-49(35-11-3-2-8-31(35)38(29)54-36)42(52)27-12-14-30(15-13-27)45-40(50)32-22-28-7-5-10-34(28)46-39(32)48-24-43(25-48)17-20-53-21-18-43/h2-4,6,8-9,11-15,22-23H,5,7,10,16-21,24-25H2,1H3,(H,45,50)(H,47,51). The lowest BCUT2D eigenvalue weighted by molar-refractivity contribution is -0.000521. The summed E-state index contributed by atoms with van der Waals surface area (Å²) in [5, 5.41) is 5.82. The largest absolute Gasteiger partial charge is 0.381 e. The topological polar surface area (TPSA) is 104 Å². The number of fused-ring (bicyclic) bond motifs is 4. The zero-order chi connectivity index (χ0) is 37.0. The summed E-state index contributed by atoms with van der Waals surface area (Å²) in [4.78, 5) is 51.7. The molecule has 0 radical (unpaired) electrons. The molecule has 3 aromatic carbocycles. The number of pyridine rings is 1. The van der Waals surface area contributed by atoms with Gasteiger partial charge in [-0.1, -0.05) is 30.3 Å². The molecular formula is C43H40FN5O4S. The van der Waals surface area contributed by atoms with E-state index < -0.39 is 5.82 Å². The number of ether oxygens (including phenoxy) is 1. The summed E-state index contributed by atoms with van der Waals surface area (Å²) >= 11 is 1.34. The Bertz CT molecular complexity index is 2290. The SMILES string of the molecule is Cc1cccc(F)c1NC(=O)c1cc2c(s1)-c1ccccc1N(C(=O)c1ccc(NC(=O)c3cc4c(nc3N3CC5(CCOCC5)C3)CCC4)cc1)CC2. The Morgan fingerprint density at radius 1 is 0.870 bits per heavy atom. The number of nitrogens with one attached hydrogen (secondary N) is 2. The first kappa shape index (κ1) is 34.4. The molecule has 3 amide bonds. The summed E-state index contributed by atoms with van der Waals surface area (Å²) in [6.45, 7) is 5.52.